The Kier molecular flexibility index (Phi) is 11.6. The molecule has 10 heteroatoms. The third kappa shape index (κ3) is 6.87. The van der Waals surface area contributed by atoms with E-state index in [0.717, 1.165) is 27.8 Å². The molecule has 1 aromatic heterocycles. The molecule has 5 atom stereocenters. The SMILES string of the molecule is CCC(O)[C@H]1O[C@@H](n2c(C(c3ccccc3)(c3ccccc3)c3ccc(OC)cc3)c(C(c3ccccc3)(c3ccccc3)c3ccc(OC)cc3)c(N)nc2=O)[C@H](O)[C@@H]1O. The fraction of sp³-hybridized carbons (Fsp3) is 0.216. The highest BCUT2D eigenvalue weighted by Crippen LogP contribution is 2.55. The van der Waals surface area contributed by atoms with Crippen molar-refractivity contribution < 1.29 is 29.5 Å². The molecule has 0 radical (unpaired) electrons. The molecule has 1 unspecified atom stereocenters. The van der Waals surface area contributed by atoms with E-state index in [1.54, 1.807) is 21.1 Å². The third-order valence-corrected chi connectivity index (χ3v) is 12.1. The van der Waals surface area contributed by atoms with Crippen molar-refractivity contribution in [1.82, 2.24) is 9.55 Å². The van der Waals surface area contributed by atoms with Crippen molar-refractivity contribution in [2.24, 2.45) is 0 Å². The number of aromatic nitrogens is 2. The van der Waals surface area contributed by atoms with Crippen LogP contribution in [0, 0.1) is 0 Å². The molecule has 0 amide bonds. The van der Waals surface area contributed by atoms with Gasteiger partial charge in [0.25, 0.3) is 0 Å². The summed E-state index contributed by atoms with van der Waals surface area (Å²) in [6, 6.07) is 54.8. The van der Waals surface area contributed by atoms with Crippen LogP contribution >= 0.6 is 0 Å². The Morgan fingerprint density at radius 2 is 1.00 bits per heavy atom. The maximum Gasteiger partial charge on any atom is 0.352 e. The highest BCUT2D eigenvalue weighted by Gasteiger charge is 2.54. The zero-order valence-corrected chi connectivity index (χ0v) is 34.2. The number of benzene rings is 6. The Hall–Kier alpha value is -6.56. The molecule has 6 aromatic carbocycles. The van der Waals surface area contributed by atoms with Crippen molar-refractivity contribution in [2.75, 3.05) is 20.0 Å². The molecule has 1 fully saturated rings. The Bertz CT molecular complexity index is 2530. The smallest absolute Gasteiger partial charge is 0.352 e. The number of rotatable bonds is 13. The van der Waals surface area contributed by atoms with Crippen molar-refractivity contribution >= 4 is 5.82 Å². The van der Waals surface area contributed by atoms with Crippen LogP contribution in [0.4, 0.5) is 5.82 Å². The summed E-state index contributed by atoms with van der Waals surface area (Å²) >= 11 is 0. The summed E-state index contributed by atoms with van der Waals surface area (Å²) in [6.07, 6.45) is -6.94. The molecule has 0 spiro atoms. The van der Waals surface area contributed by atoms with Crippen LogP contribution in [0.1, 0.15) is 64.2 Å². The van der Waals surface area contributed by atoms with Crippen LogP contribution < -0.4 is 20.9 Å². The monoisotopic (exact) mass is 815 g/mol. The van der Waals surface area contributed by atoms with Crippen LogP contribution in [0.25, 0.3) is 0 Å². The number of nitrogens with two attached hydrogens (primary N) is 1. The Balaban J connectivity index is 1.69. The number of aliphatic hydroxyl groups excluding tert-OH is 3. The molecule has 1 aliphatic rings. The lowest BCUT2D eigenvalue weighted by Crippen LogP contribution is -2.48. The third-order valence-electron chi connectivity index (χ3n) is 12.1. The van der Waals surface area contributed by atoms with Crippen LogP contribution in [0.3, 0.4) is 0 Å². The van der Waals surface area contributed by atoms with Gasteiger partial charge in [-0.3, -0.25) is 4.57 Å². The van der Waals surface area contributed by atoms with Gasteiger partial charge in [0.2, 0.25) is 0 Å². The lowest BCUT2D eigenvalue weighted by molar-refractivity contribution is -0.0876. The van der Waals surface area contributed by atoms with E-state index in [0.29, 0.717) is 28.3 Å². The Labute approximate surface area is 355 Å². The number of hydrogen-bond donors (Lipinski definition) is 4. The molecule has 310 valence electrons. The van der Waals surface area contributed by atoms with E-state index >= 15 is 4.79 Å². The van der Waals surface area contributed by atoms with Gasteiger partial charge in [0.15, 0.2) is 6.23 Å². The Morgan fingerprint density at radius 1 is 0.623 bits per heavy atom. The van der Waals surface area contributed by atoms with Gasteiger partial charge in [-0.05, 0) is 64.1 Å². The number of nitrogens with zero attached hydrogens (tertiary/aromatic N) is 2. The Morgan fingerprint density at radius 3 is 1.39 bits per heavy atom. The number of anilines is 1. The van der Waals surface area contributed by atoms with Gasteiger partial charge in [0.05, 0.1) is 36.8 Å². The lowest BCUT2D eigenvalue weighted by atomic mass is 9.59. The van der Waals surface area contributed by atoms with Crippen molar-refractivity contribution in [2.45, 2.75) is 54.8 Å². The zero-order chi connectivity index (χ0) is 42.7. The maximum absolute atomic E-state index is 15.3. The number of methoxy groups -OCH3 is 2. The van der Waals surface area contributed by atoms with Gasteiger partial charge < -0.3 is 35.3 Å². The largest absolute Gasteiger partial charge is 0.497 e. The van der Waals surface area contributed by atoms with Gasteiger partial charge >= 0.3 is 5.69 Å². The maximum atomic E-state index is 15.3. The minimum Gasteiger partial charge on any atom is -0.497 e. The standard InChI is InChI=1S/C51H49N3O7/c1-4-41(55)45-43(56)44(57)48(61-45)54-46(51(35-21-13-7-14-22-35,36-23-15-8-16-24-36)38-27-31-40(60-3)32-28-38)42(47(52)53-49(54)58)50(33-17-9-5-10-18-33,34-19-11-6-12-20-34)37-25-29-39(59-2)30-26-37/h5-32,41,43-45,48,55-57H,4H2,1-3H3,(H2,52,53,58)/t41?,43-,44+,45+,48+/m0/s1. The topological polar surface area (TPSA) is 149 Å². The molecule has 61 heavy (non-hydrogen) atoms. The average molecular weight is 816 g/mol. The fourth-order valence-corrected chi connectivity index (χ4v) is 9.25. The first-order valence-corrected chi connectivity index (χ1v) is 20.4. The van der Waals surface area contributed by atoms with E-state index in [9.17, 15) is 15.3 Å². The number of hydrogen-bond acceptors (Lipinski definition) is 9. The normalized spacial score (nSPS) is 18.4. The zero-order valence-electron chi connectivity index (χ0n) is 34.2. The van der Waals surface area contributed by atoms with Crippen LogP contribution in [-0.2, 0) is 15.6 Å². The van der Waals surface area contributed by atoms with Crippen LogP contribution in [0.2, 0.25) is 0 Å². The van der Waals surface area contributed by atoms with Gasteiger partial charge in [-0.15, -0.1) is 0 Å². The van der Waals surface area contributed by atoms with E-state index in [1.165, 1.54) is 4.57 Å². The first-order chi connectivity index (χ1) is 29.7. The highest BCUT2D eigenvalue weighted by atomic mass is 16.6. The van der Waals surface area contributed by atoms with E-state index in [1.807, 2.05) is 170 Å². The van der Waals surface area contributed by atoms with E-state index in [2.05, 4.69) is 4.98 Å². The summed E-state index contributed by atoms with van der Waals surface area (Å²) < 4.78 is 19.3. The molecule has 2 heterocycles. The molecule has 10 nitrogen and oxygen atoms in total. The summed E-state index contributed by atoms with van der Waals surface area (Å²) in [5, 5.41) is 35.0. The first-order valence-electron chi connectivity index (χ1n) is 20.4. The van der Waals surface area contributed by atoms with E-state index < -0.39 is 47.2 Å². The summed E-state index contributed by atoms with van der Waals surface area (Å²) in [4.78, 5) is 19.9. The fourth-order valence-electron chi connectivity index (χ4n) is 9.25. The number of nitrogen functional groups attached to an aromatic ring is 1. The average Bonchev–Trinajstić information content (AvgIpc) is 3.61. The molecular formula is C51H49N3O7. The van der Waals surface area contributed by atoms with Gasteiger partial charge in [0.1, 0.15) is 35.6 Å². The van der Waals surface area contributed by atoms with Gasteiger partial charge in [-0.25, -0.2) is 4.79 Å². The molecule has 0 aliphatic carbocycles. The second-order valence-electron chi connectivity index (χ2n) is 15.2. The van der Waals surface area contributed by atoms with Crippen molar-refractivity contribution in [3.63, 3.8) is 0 Å². The highest BCUT2D eigenvalue weighted by molar-refractivity contribution is 5.72. The predicted octanol–water partition coefficient (Wildman–Crippen LogP) is 7.00. The summed E-state index contributed by atoms with van der Waals surface area (Å²) in [5.41, 5.74) is 9.10. The summed E-state index contributed by atoms with van der Waals surface area (Å²) in [5.74, 6) is 1.18. The second-order valence-corrected chi connectivity index (χ2v) is 15.2. The quantitative estimate of drug-likeness (QED) is 0.0904. The van der Waals surface area contributed by atoms with Gasteiger partial charge in [-0.2, -0.15) is 4.98 Å². The van der Waals surface area contributed by atoms with Crippen LogP contribution in [0.15, 0.2) is 175 Å². The minimum atomic E-state index is -1.68. The second kappa shape index (κ2) is 17.2. The van der Waals surface area contributed by atoms with E-state index in [4.69, 9.17) is 19.9 Å². The lowest BCUT2D eigenvalue weighted by Gasteiger charge is -2.45. The molecule has 7 aromatic rings. The van der Waals surface area contributed by atoms with E-state index in [-0.39, 0.29) is 12.2 Å². The predicted molar refractivity (Wildman–Crippen MR) is 235 cm³/mol. The molecule has 1 aliphatic heterocycles. The van der Waals surface area contributed by atoms with Crippen molar-refractivity contribution in [3.05, 3.63) is 225 Å². The molecular weight excluding hydrogens is 767 g/mol. The molecule has 0 saturated carbocycles. The molecule has 5 N–H and O–H groups in total. The van der Waals surface area contributed by atoms with Gasteiger partial charge in [-0.1, -0.05) is 153 Å². The number of aliphatic hydroxyl groups is 3. The molecule has 1 saturated heterocycles. The summed E-state index contributed by atoms with van der Waals surface area (Å²) in [6.45, 7) is 1.75. The first kappa shape index (κ1) is 41.2. The molecule has 8 rings (SSSR count). The van der Waals surface area contributed by atoms with Crippen molar-refractivity contribution in [3.8, 4) is 11.5 Å². The van der Waals surface area contributed by atoms with Crippen LogP contribution in [0.5, 0.6) is 11.5 Å². The van der Waals surface area contributed by atoms with Crippen molar-refractivity contribution in [1.29, 1.82) is 0 Å². The van der Waals surface area contributed by atoms with Gasteiger partial charge in [0, 0.05) is 5.56 Å². The number of ether oxygens (including phenoxy) is 3. The van der Waals surface area contributed by atoms with Crippen LogP contribution in [-0.4, -0.2) is 63.5 Å². The molecule has 0 bridgehead atoms. The minimum absolute atomic E-state index is 0.0669. The summed E-state index contributed by atoms with van der Waals surface area (Å²) in [7, 11) is 3.21.